The molecule has 12 heteroatoms. The molecule has 2 aromatic carbocycles. The van der Waals surface area contributed by atoms with Crippen LogP contribution in [0.5, 0.6) is 5.75 Å². The van der Waals surface area contributed by atoms with E-state index < -0.39 is 42.6 Å². The Hall–Kier alpha value is -2.67. The Labute approximate surface area is 167 Å². The van der Waals surface area contributed by atoms with E-state index in [0.29, 0.717) is 31.5 Å². The summed E-state index contributed by atoms with van der Waals surface area (Å²) in [4.78, 5) is 12.9. The number of anilines is 1. The highest BCUT2D eigenvalue weighted by atomic mass is 32.3. The van der Waals surface area contributed by atoms with Crippen LogP contribution in [0.4, 0.5) is 5.69 Å². The van der Waals surface area contributed by atoms with Gasteiger partial charge in [-0.15, -0.1) is 0 Å². The number of aromatic carboxylic acids is 1. The van der Waals surface area contributed by atoms with Gasteiger partial charge in [0.25, 0.3) is 0 Å². The van der Waals surface area contributed by atoms with Gasteiger partial charge in [-0.3, -0.25) is 4.55 Å². The molecule has 10 nitrogen and oxygen atoms in total. The fraction of sp³-hybridized carbons (Fsp3) is 0.235. The van der Waals surface area contributed by atoms with Crippen molar-refractivity contribution in [2.75, 3.05) is 18.0 Å². The van der Waals surface area contributed by atoms with Crippen LogP contribution >= 0.6 is 0 Å². The fourth-order valence-corrected chi connectivity index (χ4v) is 4.49. The smallest absolute Gasteiger partial charge is 0.446 e. The maximum absolute atomic E-state index is 12.3. The quantitative estimate of drug-likeness (QED) is 0.562. The predicted molar refractivity (Wildman–Crippen MR) is 104 cm³/mol. The van der Waals surface area contributed by atoms with Crippen LogP contribution in [0.15, 0.2) is 41.3 Å². The molecule has 0 saturated carbocycles. The number of nitrogens with two attached hydrogens (primary N) is 1. The first-order chi connectivity index (χ1) is 13.5. The summed E-state index contributed by atoms with van der Waals surface area (Å²) in [5, 5.41) is 14.9. The molecular weight excluding hydrogens is 424 g/mol. The molecule has 0 spiro atoms. The van der Waals surface area contributed by atoms with E-state index in [1.165, 1.54) is 0 Å². The monoisotopic (exact) mass is 442 g/mol. The van der Waals surface area contributed by atoms with Crippen molar-refractivity contribution in [3.05, 3.63) is 42.0 Å². The third-order valence-corrected chi connectivity index (χ3v) is 5.74. The molecule has 156 valence electrons. The zero-order valence-electron chi connectivity index (χ0n) is 15.0. The van der Waals surface area contributed by atoms with Crippen LogP contribution in [0.3, 0.4) is 0 Å². The van der Waals surface area contributed by atoms with Gasteiger partial charge in [0, 0.05) is 18.7 Å². The number of hydrogen-bond acceptors (Lipinski definition) is 7. The molecule has 1 heterocycles. The minimum Gasteiger partial charge on any atom is -0.478 e. The van der Waals surface area contributed by atoms with Gasteiger partial charge in [-0.25, -0.2) is 18.4 Å². The van der Waals surface area contributed by atoms with E-state index >= 15 is 0 Å². The second kappa shape index (κ2) is 7.63. The predicted octanol–water partition coefficient (Wildman–Crippen LogP) is 1.48. The molecular formula is C17H18N2O8S2. The third kappa shape index (κ3) is 4.50. The van der Waals surface area contributed by atoms with Crippen molar-refractivity contribution in [3.8, 4) is 16.9 Å². The molecule has 0 bridgehead atoms. The second-order valence-electron chi connectivity index (χ2n) is 6.40. The van der Waals surface area contributed by atoms with E-state index in [2.05, 4.69) is 4.18 Å². The molecule has 0 amide bonds. The van der Waals surface area contributed by atoms with Gasteiger partial charge in [0.05, 0.1) is 10.6 Å². The van der Waals surface area contributed by atoms with Crippen molar-refractivity contribution < 1.29 is 35.5 Å². The number of carbonyl (C=O) groups is 1. The third-order valence-electron chi connectivity index (χ3n) is 4.43. The summed E-state index contributed by atoms with van der Waals surface area (Å²) in [6.45, 7) is 0.795. The molecule has 3 rings (SSSR count). The average Bonchev–Trinajstić information content (AvgIpc) is 3.13. The Morgan fingerprint density at radius 3 is 2.14 bits per heavy atom. The summed E-state index contributed by atoms with van der Waals surface area (Å²) in [6.07, 6.45) is 1.42. The Kier molecular flexibility index (Phi) is 5.54. The lowest BCUT2D eigenvalue weighted by Gasteiger charge is -2.26. The summed E-state index contributed by atoms with van der Waals surface area (Å²) in [7, 11) is -9.51. The molecule has 4 N–H and O–H groups in total. The van der Waals surface area contributed by atoms with Gasteiger partial charge in [-0.05, 0) is 24.5 Å². The first-order valence-corrected chi connectivity index (χ1v) is 11.3. The van der Waals surface area contributed by atoms with Crippen LogP contribution in [0.2, 0.25) is 0 Å². The Morgan fingerprint density at radius 1 is 1.07 bits per heavy atom. The number of rotatable bonds is 6. The van der Waals surface area contributed by atoms with Gasteiger partial charge >= 0.3 is 16.4 Å². The second-order valence-corrected chi connectivity index (χ2v) is 8.95. The summed E-state index contributed by atoms with van der Waals surface area (Å²) in [5.74, 6) is -2.32. The maximum atomic E-state index is 12.3. The van der Waals surface area contributed by atoms with Crippen LogP contribution < -0.4 is 14.2 Å². The molecule has 1 aliphatic rings. The Morgan fingerprint density at radius 2 is 1.66 bits per heavy atom. The molecule has 0 radical (unpaired) electrons. The van der Waals surface area contributed by atoms with Gasteiger partial charge in [0.1, 0.15) is 5.56 Å². The number of primary sulfonamides is 1. The van der Waals surface area contributed by atoms with Gasteiger partial charge in [-0.2, -0.15) is 8.42 Å². The summed E-state index contributed by atoms with van der Waals surface area (Å²) < 4.78 is 61.4. The Bertz CT molecular complexity index is 1160. The molecule has 0 aromatic heterocycles. The highest BCUT2D eigenvalue weighted by molar-refractivity contribution is 7.89. The number of nitrogens with zero attached hydrogens (tertiary/aromatic N) is 1. The van der Waals surface area contributed by atoms with Crippen LogP contribution in [0.25, 0.3) is 11.1 Å². The highest BCUT2D eigenvalue weighted by Crippen LogP contribution is 2.46. The first kappa shape index (κ1) is 21.0. The van der Waals surface area contributed by atoms with Crippen molar-refractivity contribution in [3.63, 3.8) is 0 Å². The van der Waals surface area contributed by atoms with Crippen molar-refractivity contribution in [1.82, 2.24) is 0 Å². The molecule has 1 fully saturated rings. The first-order valence-electron chi connectivity index (χ1n) is 8.43. The molecule has 0 aliphatic carbocycles. The van der Waals surface area contributed by atoms with Crippen LogP contribution in [-0.4, -0.2) is 45.6 Å². The van der Waals surface area contributed by atoms with E-state index in [1.54, 1.807) is 35.2 Å². The van der Waals surface area contributed by atoms with Crippen molar-refractivity contribution >= 4 is 32.1 Å². The largest absolute Gasteiger partial charge is 0.478 e. The SMILES string of the molecule is NS(=O)(=O)c1cc(C(=O)O)c(OS(=O)(=O)O)c(N2CCCC2)c1-c1ccccc1. The van der Waals surface area contributed by atoms with E-state index in [9.17, 15) is 31.3 Å². The normalized spacial score (nSPS) is 14.8. The van der Waals surface area contributed by atoms with Gasteiger partial charge in [-0.1, -0.05) is 30.3 Å². The summed E-state index contributed by atoms with van der Waals surface area (Å²) >= 11 is 0. The van der Waals surface area contributed by atoms with Crippen molar-refractivity contribution in [2.45, 2.75) is 17.7 Å². The van der Waals surface area contributed by atoms with Gasteiger partial charge < -0.3 is 14.2 Å². The Balaban J connectivity index is 2.52. The zero-order valence-corrected chi connectivity index (χ0v) is 16.6. The van der Waals surface area contributed by atoms with E-state index in [4.69, 9.17) is 5.14 Å². The minimum atomic E-state index is -5.10. The van der Waals surface area contributed by atoms with Crippen LogP contribution in [0.1, 0.15) is 23.2 Å². The van der Waals surface area contributed by atoms with Crippen LogP contribution in [-0.2, 0) is 20.4 Å². The minimum absolute atomic E-state index is 0.00125. The fourth-order valence-electron chi connectivity index (χ4n) is 3.33. The molecule has 29 heavy (non-hydrogen) atoms. The molecule has 1 aliphatic heterocycles. The number of benzene rings is 2. The lowest BCUT2D eigenvalue weighted by molar-refractivity contribution is 0.0695. The topological polar surface area (TPSA) is 164 Å². The van der Waals surface area contributed by atoms with E-state index in [1.807, 2.05) is 0 Å². The van der Waals surface area contributed by atoms with Crippen molar-refractivity contribution in [1.29, 1.82) is 0 Å². The van der Waals surface area contributed by atoms with Crippen molar-refractivity contribution in [2.24, 2.45) is 5.14 Å². The van der Waals surface area contributed by atoms with E-state index in [-0.39, 0.29) is 11.3 Å². The molecule has 2 aromatic rings. The zero-order chi connectivity index (χ0) is 21.4. The average molecular weight is 442 g/mol. The van der Waals surface area contributed by atoms with Gasteiger partial charge in [0.2, 0.25) is 10.0 Å². The highest BCUT2D eigenvalue weighted by Gasteiger charge is 2.33. The number of carboxylic acids is 1. The maximum Gasteiger partial charge on any atom is 0.446 e. The lowest BCUT2D eigenvalue weighted by Crippen LogP contribution is -2.24. The summed E-state index contributed by atoms with van der Waals surface area (Å²) in [6, 6.07) is 8.83. The molecule has 1 saturated heterocycles. The van der Waals surface area contributed by atoms with Crippen LogP contribution in [0, 0.1) is 0 Å². The molecule has 0 atom stereocenters. The number of sulfonamides is 1. The standard InChI is InChI=1S/C17H18N2O8S2/c18-28(22,23)13-10-12(17(20)21)16(27-29(24,25)26)15(19-8-4-5-9-19)14(13)11-6-2-1-3-7-11/h1-3,6-7,10H,4-5,8-9H2,(H,20,21)(H2,18,22,23)(H,24,25,26). The molecule has 0 unspecified atom stereocenters. The van der Waals surface area contributed by atoms with Gasteiger partial charge in [0.15, 0.2) is 5.75 Å². The number of carboxylic acid groups (broad SMARTS) is 1. The number of hydrogen-bond donors (Lipinski definition) is 3. The van der Waals surface area contributed by atoms with E-state index in [0.717, 1.165) is 6.07 Å². The summed E-state index contributed by atoms with van der Waals surface area (Å²) in [5.41, 5.74) is -0.474. The lowest BCUT2D eigenvalue weighted by atomic mass is 9.99.